The van der Waals surface area contributed by atoms with E-state index in [9.17, 15) is 4.39 Å². The first-order valence-corrected chi connectivity index (χ1v) is 6.57. The molecule has 0 aliphatic carbocycles. The zero-order valence-corrected chi connectivity index (χ0v) is 11.0. The summed E-state index contributed by atoms with van der Waals surface area (Å²) in [5.41, 5.74) is 6.56. The second-order valence-electron chi connectivity index (χ2n) is 5.22. The topological polar surface area (TPSA) is 26.0 Å². The van der Waals surface area contributed by atoms with E-state index in [4.69, 9.17) is 5.73 Å². The van der Waals surface area contributed by atoms with Gasteiger partial charge in [0.1, 0.15) is 5.82 Å². The highest BCUT2D eigenvalue weighted by atomic mass is 19.1. The lowest BCUT2D eigenvalue weighted by atomic mass is 9.92. The van der Waals surface area contributed by atoms with Crippen LogP contribution in [0.25, 0.3) is 0 Å². The van der Waals surface area contributed by atoms with E-state index in [-0.39, 0.29) is 5.82 Å². The smallest absolute Gasteiger partial charge is 0.126 e. The number of hydrogen-bond donors (Lipinski definition) is 1. The monoisotopic (exact) mass is 237 g/mol. The summed E-state index contributed by atoms with van der Waals surface area (Å²) in [6.45, 7) is 5.11. The van der Waals surface area contributed by atoms with Crippen molar-refractivity contribution in [3.05, 3.63) is 35.6 Å². The Bertz CT molecular complexity index is 322. The van der Waals surface area contributed by atoms with E-state index >= 15 is 0 Å². The van der Waals surface area contributed by atoms with Gasteiger partial charge in [-0.15, -0.1) is 0 Å². The third-order valence-corrected chi connectivity index (χ3v) is 3.19. The maximum Gasteiger partial charge on any atom is 0.126 e. The third-order valence-electron chi connectivity index (χ3n) is 3.19. The van der Waals surface area contributed by atoms with Crippen LogP contribution in [0.3, 0.4) is 0 Å². The molecular formula is C15H24FN. The Morgan fingerprint density at radius 1 is 1.18 bits per heavy atom. The van der Waals surface area contributed by atoms with Crippen LogP contribution in [0.15, 0.2) is 24.3 Å². The standard InChI is InChI=1S/C15H24FN/c1-12(2)6-5-7-13(11-17)10-14-8-3-4-9-15(14)16/h3-4,8-9,12-13H,5-7,10-11,17H2,1-2H3. The van der Waals surface area contributed by atoms with Crippen molar-refractivity contribution in [1.29, 1.82) is 0 Å². The van der Waals surface area contributed by atoms with Gasteiger partial charge < -0.3 is 5.73 Å². The van der Waals surface area contributed by atoms with Crippen LogP contribution < -0.4 is 5.73 Å². The van der Waals surface area contributed by atoms with E-state index in [0.717, 1.165) is 24.3 Å². The molecule has 0 aliphatic rings. The van der Waals surface area contributed by atoms with E-state index in [1.54, 1.807) is 6.07 Å². The fourth-order valence-electron chi connectivity index (χ4n) is 2.09. The number of halogens is 1. The van der Waals surface area contributed by atoms with Crippen molar-refractivity contribution < 1.29 is 4.39 Å². The van der Waals surface area contributed by atoms with Gasteiger partial charge in [0.05, 0.1) is 0 Å². The van der Waals surface area contributed by atoms with Gasteiger partial charge in [0.2, 0.25) is 0 Å². The van der Waals surface area contributed by atoms with E-state index in [2.05, 4.69) is 13.8 Å². The SMILES string of the molecule is CC(C)CCCC(CN)Cc1ccccc1F. The summed E-state index contributed by atoms with van der Waals surface area (Å²) in [4.78, 5) is 0. The second kappa shape index (κ2) is 7.44. The van der Waals surface area contributed by atoms with Crippen molar-refractivity contribution in [2.24, 2.45) is 17.6 Å². The summed E-state index contributed by atoms with van der Waals surface area (Å²) in [5, 5.41) is 0. The Morgan fingerprint density at radius 2 is 1.88 bits per heavy atom. The van der Waals surface area contributed by atoms with E-state index in [1.165, 1.54) is 18.9 Å². The van der Waals surface area contributed by atoms with Gasteiger partial charge in [-0.2, -0.15) is 0 Å². The van der Waals surface area contributed by atoms with E-state index in [0.29, 0.717) is 12.5 Å². The zero-order chi connectivity index (χ0) is 12.7. The zero-order valence-electron chi connectivity index (χ0n) is 11.0. The first-order valence-electron chi connectivity index (χ1n) is 6.57. The predicted octanol–water partition coefficient (Wildman–Crippen LogP) is 3.77. The molecule has 96 valence electrons. The Hall–Kier alpha value is -0.890. The van der Waals surface area contributed by atoms with Crippen LogP contribution in [0.4, 0.5) is 4.39 Å². The highest BCUT2D eigenvalue weighted by molar-refractivity contribution is 5.17. The fourth-order valence-corrected chi connectivity index (χ4v) is 2.09. The van der Waals surface area contributed by atoms with Gasteiger partial charge in [-0.1, -0.05) is 44.9 Å². The first-order chi connectivity index (χ1) is 8.13. The molecule has 17 heavy (non-hydrogen) atoms. The Balaban J connectivity index is 2.44. The molecule has 0 saturated carbocycles. The van der Waals surface area contributed by atoms with Gasteiger partial charge in [-0.25, -0.2) is 4.39 Å². The first kappa shape index (κ1) is 14.2. The van der Waals surface area contributed by atoms with Gasteiger partial charge in [-0.05, 0) is 42.9 Å². The van der Waals surface area contributed by atoms with E-state index < -0.39 is 0 Å². The molecule has 1 nitrogen and oxygen atoms in total. The van der Waals surface area contributed by atoms with Crippen molar-refractivity contribution in [3.63, 3.8) is 0 Å². The lowest BCUT2D eigenvalue weighted by molar-refractivity contribution is 0.431. The largest absolute Gasteiger partial charge is 0.330 e. The van der Waals surface area contributed by atoms with Crippen LogP contribution in [-0.4, -0.2) is 6.54 Å². The lowest BCUT2D eigenvalue weighted by Gasteiger charge is -2.15. The summed E-state index contributed by atoms with van der Waals surface area (Å²) >= 11 is 0. The van der Waals surface area contributed by atoms with Crippen LogP contribution in [0.2, 0.25) is 0 Å². The molecule has 1 aromatic rings. The lowest BCUT2D eigenvalue weighted by Crippen LogP contribution is -2.17. The van der Waals surface area contributed by atoms with E-state index in [1.807, 2.05) is 12.1 Å². The number of nitrogens with two attached hydrogens (primary N) is 1. The highest BCUT2D eigenvalue weighted by Crippen LogP contribution is 2.18. The summed E-state index contributed by atoms with van der Waals surface area (Å²) < 4.78 is 13.5. The van der Waals surface area contributed by atoms with Crippen molar-refractivity contribution in [2.45, 2.75) is 39.5 Å². The molecule has 1 aromatic carbocycles. The second-order valence-corrected chi connectivity index (χ2v) is 5.22. The summed E-state index contributed by atoms with van der Waals surface area (Å²) in [5.74, 6) is 1.04. The van der Waals surface area contributed by atoms with Gasteiger partial charge in [-0.3, -0.25) is 0 Å². The molecule has 1 atom stereocenters. The van der Waals surface area contributed by atoms with Crippen molar-refractivity contribution in [1.82, 2.24) is 0 Å². The number of rotatable bonds is 7. The van der Waals surface area contributed by atoms with Crippen LogP contribution in [0, 0.1) is 17.7 Å². The van der Waals surface area contributed by atoms with Gasteiger partial charge >= 0.3 is 0 Å². The Kier molecular flexibility index (Phi) is 6.20. The molecule has 0 heterocycles. The molecule has 2 heteroatoms. The minimum Gasteiger partial charge on any atom is -0.330 e. The maximum atomic E-state index is 13.5. The molecule has 1 rings (SSSR count). The summed E-state index contributed by atoms with van der Waals surface area (Å²) in [7, 11) is 0. The normalized spacial score (nSPS) is 13.0. The average Bonchev–Trinajstić information content (AvgIpc) is 2.30. The molecule has 0 radical (unpaired) electrons. The Morgan fingerprint density at radius 3 is 2.47 bits per heavy atom. The summed E-state index contributed by atoms with van der Waals surface area (Å²) in [6.07, 6.45) is 4.28. The quantitative estimate of drug-likeness (QED) is 0.767. The molecule has 0 fully saturated rings. The maximum absolute atomic E-state index is 13.5. The van der Waals surface area contributed by atoms with Gasteiger partial charge in [0.25, 0.3) is 0 Å². The van der Waals surface area contributed by atoms with Crippen molar-refractivity contribution >= 4 is 0 Å². The molecule has 2 N–H and O–H groups in total. The van der Waals surface area contributed by atoms with Crippen LogP contribution in [0.5, 0.6) is 0 Å². The third kappa shape index (κ3) is 5.31. The average molecular weight is 237 g/mol. The molecule has 1 unspecified atom stereocenters. The highest BCUT2D eigenvalue weighted by Gasteiger charge is 2.10. The molecule has 0 saturated heterocycles. The molecule has 0 spiro atoms. The molecule has 0 amide bonds. The fraction of sp³-hybridized carbons (Fsp3) is 0.600. The van der Waals surface area contributed by atoms with Crippen LogP contribution in [0.1, 0.15) is 38.7 Å². The summed E-state index contributed by atoms with van der Waals surface area (Å²) in [6, 6.07) is 7.01. The number of benzene rings is 1. The predicted molar refractivity (Wildman–Crippen MR) is 71.3 cm³/mol. The van der Waals surface area contributed by atoms with Gasteiger partial charge in [0.15, 0.2) is 0 Å². The van der Waals surface area contributed by atoms with Crippen LogP contribution in [-0.2, 0) is 6.42 Å². The minimum atomic E-state index is -0.102. The minimum absolute atomic E-state index is 0.102. The van der Waals surface area contributed by atoms with Crippen molar-refractivity contribution in [2.75, 3.05) is 6.54 Å². The molecule has 0 aliphatic heterocycles. The molecule has 0 bridgehead atoms. The van der Waals surface area contributed by atoms with Crippen LogP contribution >= 0.6 is 0 Å². The Labute approximate surface area is 104 Å². The molecule has 0 aromatic heterocycles. The number of hydrogen-bond acceptors (Lipinski definition) is 1. The molecular weight excluding hydrogens is 213 g/mol. The van der Waals surface area contributed by atoms with Gasteiger partial charge in [0, 0.05) is 0 Å². The van der Waals surface area contributed by atoms with Crippen molar-refractivity contribution in [3.8, 4) is 0 Å².